The van der Waals surface area contributed by atoms with E-state index < -0.39 is 0 Å². The molecule has 0 aromatic heterocycles. The lowest BCUT2D eigenvalue weighted by atomic mass is 10.1. The molecule has 0 radical (unpaired) electrons. The van der Waals surface area contributed by atoms with Crippen molar-refractivity contribution < 1.29 is 14.3 Å². The van der Waals surface area contributed by atoms with Gasteiger partial charge in [-0.2, -0.15) is 0 Å². The van der Waals surface area contributed by atoms with Crippen molar-refractivity contribution in [3.05, 3.63) is 24.3 Å². The summed E-state index contributed by atoms with van der Waals surface area (Å²) in [6.07, 6.45) is 17.2. The number of carbonyl (C=O) groups excluding carboxylic acids is 2. The first-order valence-electron chi connectivity index (χ1n) is 8.54. The van der Waals surface area contributed by atoms with Crippen LogP contribution in [-0.4, -0.2) is 17.9 Å². The Morgan fingerprint density at radius 1 is 0.955 bits per heavy atom. The summed E-state index contributed by atoms with van der Waals surface area (Å²) in [5.41, 5.74) is 0. The number of rotatable bonds is 13. The third-order valence-electron chi connectivity index (χ3n) is 3.39. The Labute approximate surface area is 135 Å². The molecule has 126 valence electrons. The number of hydrogen-bond donors (Lipinski definition) is 0. The molecule has 0 fully saturated rings. The number of ether oxygens (including phenoxy) is 1. The van der Waals surface area contributed by atoms with Gasteiger partial charge in [0.05, 0.1) is 0 Å². The summed E-state index contributed by atoms with van der Waals surface area (Å²) in [6, 6.07) is 0. The summed E-state index contributed by atoms with van der Waals surface area (Å²) >= 11 is 0. The Bertz CT molecular complexity index is 356. The minimum Gasteiger partial charge on any atom is -0.463 e. The Kier molecular flexibility index (Phi) is 13.6. The minimum absolute atomic E-state index is 0.0768. The monoisotopic (exact) mass is 308 g/mol. The van der Waals surface area contributed by atoms with Crippen molar-refractivity contribution in [3.8, 4) is 0 Å². The Balaban J connectivity index is 3.73. The van der Waals surface area contributed by atoms with E-state index in [-0.39, 0.29) is 17.9 Å². The van der Waals surface area contributed by atoms with Crippen LogP contribution in [0.15, 0.2) is 24.3 Å². The smallest absolute Gasteiger partial charge is 0.302 e. The molecule has 0 aliphatic heterocycles. The van der Waals surface area contributed by atoms with Gasteiger partial charge in [0.2, 0.25) is 0 Å². The van der Waals surface area contributed by atoms with E-state index in [1.165, 1.54) is 6.92 Å². The van der Waals surface area contributed by atoms with Gasteiger partial charge in [0.15, 0.2) is 0 Å². The zero-order valence-corrected chi connectivity index (χ0v) is 14.5. The first kappa shape index (κ1) is 20.6. The third-order valence-corrected chi connectivity index (χ3v) is 3.39. The molecular weight excluding hydrogens is 276 g/mol. The number of unbranched alkanes of at least 4 members (excludes halogenated alkanes) is 3. The van der Waals surface area contributed by atoms with Crippen LogP contribution in [0.2, 0.25) is 0 Å². The van der Waals surface area contributed by atoms with E-state index in [1.54, 1.807) is 6.92 Å². The van der Waals surface area contributed by atoms with E-state index in [2.05, 4.69) is 25.2 Å². The van der Waals surface area contributed by atoms with Gasteiger partial charge in [0, 0.05) is 13.3 Å². The fourth-order valence-corrected chi connectivity index (χ4v) is 2.21. The fourth-order valence-electron chi connectivity index (χ4n) is 2.21. The Hall–Kier alpha value is -1.38. The average molecular weight is 308 g/mol. The molecule has 0 saturated carbocycles. The number of allylic oxidation sites excluding steroid dienone is 4. The first-order chi connectivity index (χ1) is 10.6. The summed E-state index contributed by atoms with van der Waals surface area (Å²) in [5.74, 6) is 0.0829. The van der Waals surface area contributed by atoms with Gasteiger partial charge < -0.3 is 9.53 Å². The van der Waals surface area contributed by atoms with E-state index in [0.717, 1.165) is 51.4 Å². The Morgan fingerprint density at radius 3 is 2.09 bits per heavy atom. The van der Waals surface area contributed by atoms with E-state index in [1.807, 2.05) is 6.08 Å². The maximum atomic E-state index is 11.1. The van der Waals surface area contributed by atoms with Crippen LogP contribution in [0.1, 0.15) is 78.6 Å². The topological polar surface area (TPSA) is 43.4 Å². The standard InChI is InChI=1S/C19H32O3/c1-4-5-15-19(22-18(3)21)16-13-11-9-7-6-8-10-12-14-17(2)20/h6-9,19H,4-5,10-16H2,1-3H3/b8-6+,9-7+. The zero-order chi connectivity index (χ0) is 16.6. The highest BCUT2D eigenvalue weighted by atomic mass is 16.5. The number of Topliss-reactive ketones (excluding diaryl/α,β-unsaturated/α-hetero) is 1. The zero-order valence-electron chi connectivity index (χ0n) is 14.5. The number of hydrogen-bond acceptors (Lipinski definition) is 3. The molecule has 22 heavy (non-hydrogen) atoms. The second-order valence-corrected chi connectivity index (χ2v) is 5.76. The molecule has 1 atom stereocenters. The van der Waals surface area contributed by atoms with Crippen molar-refractivity contribution in [2.75, 3.05) is 0 Å². The van der Waals surface area contributed by atoms with E-state index in [9.17, 15) is 9.59 Å². The summed E-state index contributed by atoms with van der Waals surface area (Å²) < 4.78 is 5.34. The number of ketones is 1. The second kappa shape index (κ2) is 14.6. The summed E-state index contributed by atoms with van der Waals surface area (Å²) in [6.45, 7) is 5.26. The Morgan fingerprint density at radius 2 is 1.55 bits per heavy atom. The van der Waals surface area contributed by atoms with Crippen molar-refractivity contribution in [2.24, 2.45) is 0 Å². The molecule has 1 unspecified atom stereocenters. The molecular formula is C19H32O3. The molecule has 0 spiro atoms. The van der Waals surface area contributed by atoms with Crippen LogP contribution in [0.4, 0.5) is 0 Å². The molecule has 0 aliphatic rings. The third kappa shape index (κ3) is 15.0. The van der Waals surface area contributed by atoms with Crippen LogP contribution in [0.3, 0.4) is 0 Å². The van der Waals surface area contributed by atoms with Crippen molar-refractivity contribution in [2.45, 2.75) is 84.7 Å². The molecule has 0 amide bonds. The van der Waals surface area contributed by atoms with Crippen LogP contribution >= 0.6 is 0 Å². The molecule has 0 heterocycles. The van der Waals surface area contributed by atoms with Crippen molar-refractivity contribution in [1.29, 1.82) is 0 Å². The van der Waals surface area contributed by atoms with Crippen molar-refractivity contribution in [1.82, 2.24) is 0 Å². The lowest BCUT2D eigenvalue weighted by Crippen LogP contribution is -2.16. The summed E-state index contributed by atoms with van der Waals surface area (Å²) in [5, 5.41) is 0. The van der Waals surface area contributed by atoms with Crippen LogP contribution in [0.5, 0.6) is 0 Å². The largest absolute Gasteiger partial charge is 0.463 e. The van der Waals surface area contributed by atoms with Crippen molar-refractivity contribution in [3.63, 3.8) is 0 Å². The summed E-state index contributed by atoms with van der Waals surface area (Å²) in [4.78, 5) is 21.8. The molecule has 0 rings (SSSR count). The van der Waals surface area contributed by atoms with Crippen LogP contribution < -0.4 is 0 Å². The average Bonchev–Trinajstić information content (AvgIpc) is 2.45. The van der Waals surface area contributed by atoms with Crippen LogP contribution in [-0.2, 0) is 14.3 Å². The minimum atomic E-state index is -0.176. The van der Waals surface area contributed by atoms with Crippen molar-refractivity contribution >= 4 is 11.8 Å². The van der Waals surface area contributed by atoms with Gasteiger partial charge in [-0.05, 0) is 45.4 Å². The molecule has 3 heteroatoms. The highest BCUT2D eigenvalue weighted by Crippen LogP contribution is 2.13. The van der Waals surface area contributed by atoms with Gasteiger partial charge in [-0.25, -0.2) is 0 Å². The lowest BCUT2D eigenvalue weighted by Gasteiger charge is -2.16. The number of esters is 1. The number of carbonyl (C=O) groups is 2. The van der Waals surface area contributed by atoms with Crippen LogP contribution in [0, 0.1) is 0 Å². The highest BCUT2D eigenvalue weighted by molar-refractivity contribution is 5.75. The van der Waals surface area contributed by atoms with Gasteiger partial charge in [-0.15, -0.1) is 0 Å². The van der Waals surface area contributed by atoms with Gasteiger partial charge in [-0.3, -0.25) is 4.79 Å². The molecule has 3 nitrogen and oxygen atoms in total. The normalized spacial score (nSPS) is 12.9. The SMILES string of the molecule is CCCCC(CCC/C=C/C=C/CCCC(C)=O)OC(C)=O. The molecule has 0 bridgehead atoms. The molecule has 0 saturated heterocycles. The maximum Gasteiger partial charge on any atom is 0.302 e. The fraction of sp³-hybridized carbons (Fsp3) is 0.684. The summed E-state index contributed by atoms with van der Waals surface area (Å²) in [7, 11) is 0. The first-order valence-corrected chi connectivity index (χ1v) is 8.54. The van der Waals surface area contributed by atoms with E-state index >= 15 is 0 Å². The predicted molar refractivity (Wildman–Crippen MR) is 91.7 cm³/mol. The van der Waals surface area contributed by atoms with Crippen LogP contribution in [0.25, 0.3) is 0 Å². The molecule has 0 aliphatic carbocycles. The van der Waals surface area contributed by atoms with Gasteiger partial charge in [0.1, 0.15) is 11.9 Å². The molecule has 0 aromatic carbocycles. The van der Waals surface area contributed by atoms with Gasteiger partial charge in [-0.1, -0.05) is 44.1 Å². The lowest BCUT2D eigenvalue weighted by molar-refractivity contribution is -0.147. The van der Waals surface area contributed by atoms with Gasteiger partial charge >= 0.3 is 5.97 Å². The molecule has 0 N–H and O–H groups in total. The molecule has 0 aromatic rings. The highest BCUT2D eigenvalue weighted by Gasteiger charge is 2.10. The quantitative estimate of drug-likeness (QED) is 0.268. The second-order valence-electron chi connectivity index (χ2n) is 5.76. The maximum absolute atomic E-state index is 11.1. The predicted octanol–water partition coefficient (Wildman–Crippen LogP) is 5.15. The van der Waals surface area contributed by atoms with Gasteiger partial charge in [0.25, 0.3) is 0 Å². The van der Waals surface area contributed by atoms with E-state index in [4.69, 9.17) is 4.74 Å². The van der Waals surface area contributed by atoms with E-state index in [0.29, 0.717) is 6.42 Å².